The van der Waals surface area contributed by atoms with E-state index in [-0.39, 0.29) is 27.9 Å². The van der Waals surface area contributed by atoms with Crippen molar-refractivity contribution in [3.05, 3.63) is 88.3 Å². The lowest BCUT2D eigenvalue weighted by Crippen LogP contribution is -2.29. The first-order valence-corrected chi connectivity index (χ1v) is 15.2. The molecule has 1 aliphatic heterocycles. The Bertz CT molecular complexity index is 1840. The summed E-state index contributed by atoms with van der Waals surface area (Å²) in [5, 5.41) is 11.9. The first-order chi connectivity index (χ1) is 21.6. The molecule has 45 heavy (non-hydrogen) atoms. The largest absolute Gasteiger partial charge is 0.505 e. The number of pyridine rings is 1. The van der Waals surface area contributed by atoms with Crippen molar-refractivity contribution in [2.75, 3.05) is 25.2 Å². The lowest BCUT2D eigenvalue weighted by atomic mass is 9.96. The second kappa shape index (κ2) is 12.9. The van der Waals surface area contributed by atoms with Gasteiger partial charge in [0.05, 0.1) is 36.7 Å². The number of aliphatic hydroxyl groups is 1. The van der Waals surface area contributed by atoms with Crippen LogP contribution in [-0.4, -0.2) is 57.5 Å². The summed E-state index contributed by atoms with van der Waals surface area (Å²) in [5.41, 5.74) is 1.93. The summed E-state index contributed by atoms with van der Waals surface area (Å²) in [4.78, 5) is 50.7. The van der Waals surface area contributed by atoms with Crippen molar-refractivity contribution in [2.45, 2.75) is 40.2 Å². The van der Waals surface area contributed by atoms with Gasteiger partial charge in [0.15, 0.2) is 22.4 Å². The van der Waals surface area contributed by atoms with Crippen LogP contribution in [0.25, 0.3) is 11.4 Å². The number of hydrogen-bond donors (Lipinski definition) is 1. The smallest absolute Gasteiger partial charge is 0.350 e. The molecule has 0 aliphatic carbocycles. The van der Waals surface area contributed by atoms with E-state index in [1.165, 1.54) is 18.1 Å². The number of aromatic nitrogens is 3. The van der Waals surface area contributed by atoms with Crippen molar-refractivity contribution in [1.29, 1.82) is 0 Å². The number of rotatable bonds is 11. The highest BCUT2D eigenvalue weighted by molar-refractivity contribution is 7.17. The van der Waals surface area contributed by atoms with Gasteiger partial charge in [-0.05, 0) is 56.0 Å². The minimum atomic E-state index is -1.13. The molecular weight excluding hydrogens is 596 g/mol. The van der Waals surface area contributed by atoms with Crippen LogP contribution in [0.3, 0.4) is 0 Å². The molecule has 1 saturated heterocycles. The molecule has 5 rings (SSSR count). The third-order valence-corrected chi connectivity index (χ3v) is 8.47. The number of Topliss-reactive ketones (excluding diaryl/α,β-unsaturated/α-hetero) is 1. The zero-order valence-corrected chi connectivity index (χ0v) is 26.5. The van der Waals surface area contributed by atoms with E-state index >= 15 is 0 Å². The molecule has 0 radical (unpaired) electrons. The first-order valence-electron chi connectivity index (χ1n) is 14.4. The molecule has 0 spiro atoms. The van der Waals surface area contributed by atoms with E-state index in [2.05, 4.69) is 30.4 Å². The van der Waals surface area contributed by atoms with Gasteiger partial charge < -0.3 is 19.3 Å². The predicted octanol–water partition coefficient (Wildman–Crippen LogP) is 5.81. The number of carbonyl (C=O) groups is 3. The number of fused-ring (bicyclic) bond motifs is 1. The maximum atomic E-state index is 13.8. The Morgan fingerprint density at radius 3 is 2.62 bits per heavy atom. The fourth-order valence-electron chi connectivity index (χ4n) is 5.12. The van der Waals surface area contributed by atoms with E-state index < -0.39 is 29.5 Å². The molecule has 4 heterocycles. The van der Waals surface area contributed by atoms with Crippen molar-refractivity contribution < 1.29 is 33.7 Å². The third-order valence-electron chi connectivity index (χ3n) is 7.34. The predicted molar refractivity (Wildman–Crippen MR) is 170 cm³/mol. The van der Waals surface area contributed by atoms with E-state index in [1.807, 2.05) is 6.07 Å². The van der Waals surface area contributed by atoms with Crippen molar-refractivity contribution in [3.8, 4) is 11.5 Å². The number of ether oxygens (including phenoxy) is 3. The Kier molecular flexibility index (Phi) is 9.05. The number of nitrogens with zero attached hydrogens (tertiary/aromatic N) is 4. The minimum Gasteiger partial charge on any atom is -0.505 e. The Labute approximate surface area is 264 Å². The van der Waals surface area contributed by atoms with Crippen LogP contribution in [0.1, 0.15) is 58.6 Å². The molecule has 0 saturated carbocycles. The number of esters is 1. The van der Waals surface area contributed by atoms with Crippen molar-refractivity contribution >= 4 is 45.5 Å². The summed E-state index contributed by atoms with van der Waals surface area (Å²) in [6.07, 6.45) is 4.00. The number of imidazole rings is 1. The Morgan fingerprint density at radius 1 is 1.13 bits per heavy atom. The molecule has 1 unspecified atom stereocenters. The summed E-state index contributed by atoms with van der Waals surface area (Å²) < 4.78 is 18.5. The standard InChI is InChI=1S/C33H34N4O7S/c1-7-15-44-32(41)30-20(5)35-33(45-30)37-27(21-11-12-22(23(17-21)42-6)43-16-13-18(2)3)25(29(39)31(37)40)28(38)26-19(4)34-24-10-8-9-14-36(24)26/h7-12,14,17-18,27,38H,1,13,15-16H2,2-6H3. The summed E-state index contributed by atoms with van der Waals surface area (Å²) in [5.74, 6) is -1.53. The number of anilines is 1. The lowest BCUT2D eigenvalue weighted by Gasteiger charge is -2.24. The van der Waals surface area contributed by atoms with Crippen LogP contribution in [0.5, 0.6) is 11.5 Å². The molecule has 0 bridgehead atoms. The number of benzene rings is 1. The van der Waals surface area contributed by atoms with Gasteiger partial charge in [0.25, 0.3) is 5.78 Å². The highest BCUT2D eigenvalue weighted by Crippen LogP contribution is 2.46. The van der Waals surface area contributed by atoms with Crippen LogP contribution >= 0.6 is 11.3 Å². The quantitative estimate of drug-likeness (QED) is 0.0717. The number of aryl methyl sites for hydroxylation is 2. The van der Waals surface area contributed by atoms with Gasteiger partial charge in [-0.2, -0.15) is 0 Å². The molecule has 1 aliphatic rings. The van der Waals surface area contributed by atoms with Crippen LogP contribution in [0.15, 0.2) is 60.8 Å². The van der Waals surface area contributed by atoms with Crippen LogP contribution in [0.2, 0.25) is 0 Å². The third kappa shape index (κ3) is 5.93. The lowest BCUT2D eigenvalue weighted by molar-refractivity contribution is -0.132. The molecule has 1 amide bonds. The maximum absolute atomic E-state index is 13.8. The molecule has 234 valence electrons. The second-order valence-electron chi connectivity index (χ2n) is 10.9. The van der Waals surface area contributed by atoms with E-state index in [0.29, 0.717) is 46.6 Å². The number of methoxy groups -OCH3 is 1. The molecule has 11 nitrogen and oxygen atoms in total. The molecule has 1 N–H and O–H groups in total. The van der Waals surface area contributed by atoms with E-state index in [1.54, 1.807) is 54.8 Å². The molecule has 3 aromatic heterocycles. The van der Waals surface area contributed by atoms with Crippen molar-refractivity contribution in [3.63, 3.8) is 0 Å². The Morgan fingerprint density at radius 2 is 1.91 bits per heavy atom. The van der Waals surface area contributed by atoms with Crippen molar-refractivity contribution in [1.82, 2.24) is 14.4 Å². The molecular formula is C33H34N4O7S. The van der Waals surface area contributed by atoms with Crippen LogP contribution in [0, 0.1) is 19.8 Å². The van der Waals surface area contributed by atoms with Crippen molar-refractivity contribution in [2.24, 2.45) is 5.92 Å². The zero-order chi connectivity index (χ0) is 32.4. The van der Waals surface area contributed by atoms with Gasteiger partial charge in [-0.25, -0.2) is 14.8 Å². The van der Waals surface area contributed by atoms with Gasteiger partial charge in [0, 0.05) is 6.20 Å². The summed E-state index contributed by atoms with van der Waals surface area (Å²) in [7, 11) is 1.50. The van der Waals surface area contributed by atoms with Gasteiger partial charge in [0.1, 0.15) is 22.8 Å². The van der Waals surface area contributed by atoms with Crippen LogP contribution in [0.4, 0.5) is 5.13 Å². The average molecular weight is 631 g/mol. The van der Waals surface area contributed by atoms with Gasteiger partial charge in [-0.3, -0.25) is 18.9 Å². The average Bonchev–Trinajstić information content (AvgIpc) is 3.65. The van der Waals surface area contributed by atoms with Gasteiger partial charge >= 0.3 is 11.9 Å². The molecule has 4 aromatic rings. The summed E-state index contributed by atoms with van der Waals surface area (Å²) in [6, 6.07) is 9.32. The molecule has 12 heteroatoms. The number of aliphatic hydroxyl groups excluding tert-OH is 1. The first kappa shape index (κ1) is 31.5. The highest BCUT2D eigenvalue weighted by Gasteiger charge is 2.49. The fourth-order valence-corrected chi connectivity index (χ4v) is 6.11. The van der Waals surface area contributed by atoms with E-state index in [4.69, 9.17) is 14.2 Å². The molecule has 1 atom stereocenters. The fraction of sp³-hybridized carbons (Fsp3) is 0.303. The minimum absolute atomic E-state index is 0.0000597. The number of carbonyl (C=O) groups excluding carboxylic acids is 3. The number of thiazole rings is 1. The van der Waals surface area contributed by atoms with Crippen LogP contribution in [-0.2, 0) is 14.3 Å². The Balaban J connectivity index is 1.69. The van der Waals surface area contributed by atoms with Gasteiger partial charge in [0.2, 0.25) is 0 Å². The zero-order valence-electron chi connectivity index (χ0n) is 25.7. The van der Waals surface area contributed by atoms with E-state index in [0.717, 1.165) is 17.8 Å². The second-order valence-corrected chi connectivity index (χ2v) is 11.9. The van der Waals surface area contributed by atoms with E-state index in [9.17, 15) is 19.5 Å². The summed E-state index contributed by atoms with van der Waals surface area (Å²) in [6.45, 7) is 11.6. The Hall–Kier alpha value is -4.97. The SMILES string of the molecule is C=CCOC(=O)c1sc(N2C(=O)C(=O)C(=C(O)c3c(C)nc4ccccn34)C2c2ccc(OCCC(C)C)c(OC)c2)nc1C. The number of hydrogen-bond acceptors (Lipinski definition) is 10. The maximum Gasteiger partial charge on any atom is 0.350 e. The summed E-state index contributed by atoms with van der Waals surface area (Å²) >= 11 is 0.919. The van der Waals surface area contributed by atoms with Gasteiger partial charge in [-0.15, -0.1) is 0 Å². The number of ketones is 1. The topological polar surface area (TPSA) is 133 Å². The molecule has 1 fully saturated rings. The number of amides is 1. The van der Waals surface area contributed by atoms with Crippen LogP contribution < -0.4 is 14.4 Å². The normalized spacial score (nSPS) is 16.0. The monoisotopic (exact) mass is 630 g/mol. The van der Waals surface area contributed by atoms with Gasteiger partial charge in [-0.1, -0.05) is 50.0 Å². The highest BCUT2D eigenvalue weighted by atomic mass is 32.1. The molecule has 1 aromatic carbocycles.